The molecular formula is C18H27N5O4S. The van der Waals surface area contributed by atoms with Gasteiger partial charge in [-0.1, -0.05) is 6.92 Å². The number of anilines is 1. The Hall–Kier alpha value is -2.36. The summed E-state index contributed by atoms with van der Waals surface area (Å²) in [4.78, 5) is 16.6. The molecule has 0 atom stereocenters. The van der Waals surface area contributed by atoms with Crippen LogP contribution in [0.25, 0.3) is 11.4 Å². The molecule has 10 heteroatoms. The lowest BCUT2D eigenvalue weighted by Crippen LogP contribution is -2.28. The van der Waals surface area contributed by atoms with Crippen LogP contribution >= 0.6 is 0 Å². The Morgan fingerprint density at radius 3 is 2.61 bits per heavy atom. The van der Waals surface area contributed by atoms with Gasteiger partial charge in [-0.3, -0.25) is 10.00 Å². The molecule has 3 rings (SSSR count). The van der Waals surface area contributed by atoms with Gasteiger partial charge in [0.05, 0.1) is 17.5 Å². The third-order valence-corrected chi connectivity index (χ3v) is 6.19. The molecule has 1 N–H and O–H groups in total. The zero-order chi connectivity index (χ0) is 20.7. The number of carbonyl (C=O) groups is 1. The van der Waals surface area contributed by atoms with Crippen molar-refractivity contribution in [1.29, 1.82) is 0 Å². The highest BCUT2D eigenvalue weighted by molar-refractivity contribution is 7.91. The van der Waals surface area contributed by atoms with Gasteiger partial charge in [0.25, 0.3) is 0 Å². The predicted molar refractivity (Wildman–Crippen MR) is 105 cm³/mol. The van der Waals surface area contributed by atoms with Crippen LogP contribution in [0.1, 0.15) is 40.5 Å². The highest BCUT2D eigenvalue weighted by Gasteiger charge is 2.29. The SMILES string of the molecule is CCS(=O)(=O)c1c(NC(=O)OC(C)(C)C)nc(-c2cnn(CC3CC3)c2)n1C. The fourth-order valence-corrected chi connectivity index (χ4v) is 4.03. The Bertz CT molecular complexity index is 980. The largest absolute Gasteiger partial charge is 0.444 e. The van der Waals surface area contributed by atoms with Crippen LogP contribution in [0.4, 0.5) is 10.6 Å². The number of hydrogen-bond donors (Lipinski definition) is 1. The molecule has 0 spiro atoms. The van der Waals surface area contributed by atoms with Gasteiger partial charge in [0.1, 0.15) is 11.4 Å². The van der Waals surface area contributed by atoms with E-state index in [4.69, 9.17) is 4.74 Å². The third-order valence-electron chi connectivity index (χ3n) is 4.37. The molecule has 0 radical (unpaired) electrons. The molecular weight excluding hydrogens is 382 g/mol. The van der Waals surface area contributed by atoms with E-state index in [9.17, 15) is 13.2 Å². The molecule has 1 saturated carbocycles. The Morgan fingerprint density at radius 1 is 1.36 bits per heavy atom. The molecule has 2 heterocycles. The van der Waals surface area contributed by atoms with E-state index in [0.29, 0.717) is 17.3 Å². The summed E-state index contributed by atoms with van der Waals surface area (Å²) in [5, 5.41) is 6.78. The van der Waals surface area contributed by atoms with Crippen LogP contribution in [0.15, 0.2) is 17.4 Å². The smallest absolute Gasteiger partial charge is 0.413 e. The first-order chi connectivity index (χ1) is 13.0. The van der Waals surface area contributed by atoms with E-state index >= 15 is 0 Å². The molecule has 0 bridgehead atoms. The highest BCUT2D eigenvalue weighted by Crippen LogP contribution is 2.32. The van der Waals surface area contributed by atoms with Crippen molar-refractivity contribution in [3.05, 3.63) is 12.4 Å². The van der Waals surface area contributed by atoms with Crippen molar-refractivity contribution in [3.63, 3.8) is 0 Å². The van der Waals surface area contributed by atoms with Crippen LogP contribution < -0.4 is 5.32 Å². The lowest BCUT2D eigenvalue weighted by atomic mass is 10.2. The fourth-order valence-electron chi connectivity index (χ4n) is 2.86. The lowest BCUT2D eigenvalue weighted by Gasteiger charge is -2.19. The normalized spacial score (nSPS) is 14.9. The minimum atomic E-state index is -3.64. The van der Waals surface area contributed by atoms with Gasteiger partial charge in [-0.15, -0.1) is 0 Å². The molecule has 9 nitrogen and oxygen atoms in total. The van der Waals surface area contributed by atoms with Gasteiger partial charge >= 0.3 is 6.09 Å². The van der Waals surface area contributed by atoms with Gasteiger partial charge in [0.15, 0.2) is 20.7 Å². The van der Waals surface area contributed by atoms with E-state index in [1.54, 1.807) is 40.9 Å². The molecule has 154 valence electrons. The van der Waals surface area contributed by atoms with Gasteiger partial charge in [0.2, 0.25) is 0 Å². The van der Waals surface area contributed by atoms with Crippen molar-refractivity contribution in [2.24, 2.45) is 13.0 Å². The summed E-state index contributed by atoms with van der Waals surface area (Å²) in [7, 11) is -2.02. The van der Waals surface area contributed by atoms with Crippen molar-refractivity contribution < 1.29 is 17.9 Å². The molecule has 1 aliphatic rings. The van der Waals surface area contributed by atoms with Crippen molar-refractivity contribution in [3.8, 4) is 11.4 Å². The Labute approximate surface area is 165 Å². The summed E-state index contributed by atoms with van der Waals surface area (Å²) >= 11 is 0. The van der Waals surface area contributed by atoms with Gasteiger partial charge in [0, 0.05) is 19.8 Å². The first-order valence-corrected chi connectivity index (χ1v) is 11.0. The number of aromatic nitrogens is 4. The van der Waals surface area contributed by atoms with E-state index in [-0.39, 0.29) is 16.6 Å². The fraction of sp³-hybridized carbons (Fsp3) is 0.611. The number of rotatable bonds is 6. The second-order valence-corrected chi connectivity index (χ2v) is 10.3. The molecule has 28 heavy (non-hydrogen) atoms. The standard InChI is InChI=1S/C18H27N5O4S/c1-6-28(25,26)16-14(21-17(24)27-18(2,3)4)20-15(22(16)5)13-9-19-23(11-13)10-12-7-8-12/h9,11-12H,6-8,10H2,1-5H3,(H,21,24). The maximum Gasteiger partial charge on any atom is 0.413 e. The average molecular weight is 410 g/mol. The Balaban J connectivity index is 1.97. The molecule has 0 saturated heterocycles. The summed E-state index contributed by atoms with van der Waals surface area (Å²) in [6.45, 7) is 7.58. The highest BCUT2D eigenvalue weighted by atomic mass is 32.2. The second kappa shape index (κ2) is 7.23. The molecule has 2 aromatic heterocycles. The van der Waals surface area contributed by atoms with Gasteiger partial charge in [-0.05, 0) is 39.5 Å². The van der Waals surface area contributed by atoms with Crippen LogP contribution in [-0.2, 0) is 28.2 Å². The van der Waals surface area contributed by atoms with Crippen LogP contribution in [-0.4, -0.2) is 45.2 Å². The number of sulfone groups is 1. The van der Waals surface area contributed by atoms with E-state index in [1.807, 2.05) is 10.9 Å². The molecule has 0 aliphatic heterocycles. The molecule has 0 unspecified atom stereocenters. The minimum absolute atomic E-state index is 0.0384. The van der Waals surface area contributed by atoms with Crippen LogP contribution in [0, 0.1) is 5.92 Å². The summed E-state index contributed by atoms with van der Waals surface area (Å²) in [5.41, 5.74) is -0.0249. The number of ether oxygens (including phenoxy) is 1. The van der Waals surface area contributed by atoms with E-state index in [1.165, 1.54) is 17.4 Å². The maximum absolute atomic E-state index is 12.6. The third kappa shape index (κ3) is 4.54. The van der Waals surface area contributed by atoms with E-state index < -0.39 is 21.5 Å². The number of nitrogens with zero attached hydrogens (tertiary/aromatic N) is 4. The van der Waals surface area contributed by atoms with Crippen molar-refractivity contribution >= 4 is 21.7 Å². The van der Waals surface area contributed by atoms with Gasteiger partial charge in [-0.2, -0.15) is 5.10 Å². The summed E-state index contributed by atoms with van der Waals surface area (Å²) in [6, 6.07) is 0. The number of nitrogens with one attached hydrogen (secondary N) is 1. The monoisotopic (exact) mass is 409 g/mol. The zero-order valence-corrected chi connectivity index (χ0v) is 17.7. The van der Waals surface area contributed by atoms with Crippen LogP contribution in [0.5, 0.6) is 0 Å². The number of hydrogen-bond acceptors (Lipinski definition) is 6. The van der Waals surface area contributed by atoms with E-state index in [0.717, 1.165) is 6.54 Å². The van der Waals surface area contributed by atoms with Crippen molar-refractivity contribution in [2.45, 2.75) is 57.7 Å². The Morgan fingerprint density at radius 2 is 2.04 bits per heavy atom. The van der Waals surface area contributed by atoms with Crippen LogP contribution in [0.2, 0.25) is 0 Å². The maximum atomic E-state index is 12.6. The molecule has 2 aromatic rings. The minimum Gasteiger partial charge on any atom is -0.444 e. The van der Waals surface area contributed by atoms with E-state index in [2.05, 4.69) is 15.4 Å². The number of imidazole rings is 1. The zero-order valence-electron chi connectivity index (χ0n) is 16.9. The molecule has 1 aliphatic carbocycles. The lowest BCUT2D eigenvalue weighted by molar-refractivity contribution is 0.0635. The van der Waals surface area contributed by atoms with Gasteiger partial charge < -0.3 is 9.30 Å². The summed E-state index contributed by atoms with van der Waals surface area (Å²) in [6.07, 6.45) is 5.17. The van der Waals surface area contributed by atoms with Crippen molar-refractivity contribution in [1.82, 2.24) is 19.3 Å². The first kappa shape index (κ1) is 20.4. The Kier molecular flexibility index (Phi) is 5.26. The summed E-state index contributed by atoms with van der Waals surface area (Å²) < 4.78 is 33.8. The van der Waals surface area contributed by atoms with Gasteiger partial charge in [-0.25, -0.2) is 18.2 Å². The summed E-state index contributed by atoms with van der Waals surface area (Å²) in [5.74, 6) is 0.925. The topological polar surface area (TPSA) is 108 Å². The van der Waals surface area contributed by atoms with Crippen molar-refractivity contribution in [2.75, 3.05) is 11.1 Å². The molecule has 0 aromatic carbocycles. The number of amides is 1. The average Bonchev–Trinajstić information content (AvgIpc) is 3.15. The first-order valence-electron chi connectivity index (χ1n) is 9.32. The molecule has 1 amide bonds. The molecule has 1 fully saturated rings. The van der Waals surface area contributed by atoms with Crippen LogP contribution in [0.3, 0.4) is 0 Å². The second-order valence-electron chi connectivity index (χ2n) is 8.07. The predicted octanol–water partition coefficient (Wildman–Crippen LogP) is 2.83. The quantitative estimate of drug-likeness (QED) is 0.786. The number of carbonyl (C=O) groups excluding carboxylic acids is 1.